The van der Waals surface area contributed by atoms with E-state index in [1.165, 1.54) is 0 Å². The molecule has 2 aromatic rings. The van der Waals surface area contributed by atoms with E-state index in [1.807, 2.05) is 19.1 Å². The fourth-order valence-electron chi connectivity index (χ4n) is 1.96. The van der Waals surface area contributed by atoms with Crippen LogP contribution < -0.4 is 5.73 Å². The highest BCUT2D eigenvalue weighted by Crippen LogP contribution is 2.31. The summed E-state index contributed by atoms with van der Waals surface area (Å²) in [4.78, 5) is 9.20. The lowest BCUT2D eigenvalue weighted by molar-refractivity contribution is 0.564. The van der Waals surface area contributed by atoms with Gasteiger partial charge >= 0.3 is 0 Å². The molecule has 5 heteroatoms. The first kappa shape index (κ1) is 15.7. The van der Waals surface area contributed by atoms with E-state index in [9.17, 15) is 0 Å². The van der Waals surface area contributed by atoms with E-state index in [4.69, 9.17) is 10.7 Å². The SMILES string of the molecule is Cc1cc(Br)ccc1-c1nc(N)c(I)c(C(C)(C)C)n1. The molecule has 0 aliphatic carbocycles. The van der Waals surface area contributed by atoms with Gasteiger partial charge in [0.05, 0.1) is 9.26 Å². The van der Waals surface area contributed by atoms with E-state index in [-0.39, 0.29) is 5.41 Å². The fraction of sp³-hybridized carbons (Fsp3) is 0.333. The third-order valence-corrected chi connectivity index (χ3v) is 4.57. The lowest BCUT2D eigenvalue weighted by Gasteiger charge is -2.21. The van der Waals surface area contributed by atoms with Crippen LogP contribution in [0, 0.1) is 10.5 Å². The Morgan fingerprint density at radius 3 is 2.40 bits per heavy atom. The second kappa shape index (κ2) is 5.60. The second-order valence-electron chi connectivity index (χ2n) is 5.80. The van der Waals surface area contributed by atoms with Crippen LogP contribution in [0.2, 0.25) is 0 Å². The largest absolute Gasteiger partial charge is 0.383 e. The van der Waals surface area contributed by atoms with Gasteiger partial charge in [0, 0.05) is 15.5 Å². The Hall–Kier alpha value is -0.690. The number of aryl methyl sites for hydroxylation is 1. The Bertz CT molecular complexity index is 663. The quantitative estimate of drug-likeness (QED) is 0.647. The van der Waals surface area contributed by atoms with Gasteiger partial charge in [-0.25, -0.2) is 9.97 Å². The van der Waals surface area contributed by atoms with Crippen molar-refractivity contribution in [1.29, 1.82) is 0 Å². The topological polar surface area (TPSA) is 51.8 Å². The minimum absolute atomic E-state index is 0.0639. The molecule has 0 aliphatic rings. The molecular formula is C15H17BrIN3. The van der Waals surface area contributed by atoms with Crippen LogP contribution in [0.3, 0.4) is 0 Å². The first-order chi connectivity index (χ1) is 9.20. The summed E-state index contributed by atoms with van der Waals surface area (Å²) in [6.45, 7) is 8.45. The highest BCUT2D eigenvalue weighted by atomic mass is 127. The number of aromatic nitrogens is 2. The van der Waals surface area contributed by atoms with Gasteiger partial charge in [0.2, 0.25) is 0 Å². The van der Waals surface area contributed by atoms with E-state index < -0.39 is 0 Å². The molecule has 0 saturated carbocycles. The Morgan fingerprint density at radius 2 is 1.85 bits per heavy atom. The van der Waals surface area contributed by atoms with Crippen molar-refractivity contribution >= 4 is 44.3 Å². The van der Waals surface area contributed by atoms with Crippen molar-refractivity contribution in [2.75, 3.05) is 5.73 Å². The normalized spacial score (nSPS) is 11.7. The van der Waals surface area contributed by atoms with Crippen LogP contribution in [0.1, 0.15) is 32.0 Å². The van der Waals surface area contributed by atoms with E-state index in [0.717, 1.165) is 24.9 Å². The number of anilines is 1. The summed E-state index contributed by atoms with van der Waals surface area (Å²) in [5.74, 6) is 1.24. The molecule has 106 valence electrons. The molecule has 3 nitrogen and oxygen atoms in total. The molecule has 2 N–H and O–H groups in total. The Balaban J connectivity index is 2.67. The third kappa shape index (κ3) is 3.14. The van der Waals surface area contributed by atoms with Crippen molar-refractivity contribution < 1.29 is 0 Å². The summed E-state index contributed by atoms with van der Waals surface area (Å²) in [7, 11) is 0. The molecule has 0 saturated heterocycles. The highest BCUT2D eigenvalue weighted by Gasteiger charge is 2.23. The molecule has 0 amide bonds. The molecule has 1 aromatic carbocycles. The first-order valence-electron chi connectivity index (χ1n) is 6.30. The predicted octanol–water partition coefficient (Wildman–Crippen LogP) is 4.70. The highest BCUT2D eigenvalue weighted by molar-refractivity contribution is 14.1. The molecule has 0 radical (unpaired) electrons. The average molecular weight is 446 g/mol. The zero-order valence-corrected chi connectivity index (χ0v) is 15.7. The molecule has 0 aliphatic heterocycles. The van der Waals surface area contributed by atoms with Crippen LogP contribution in [-0.2, 0) is 5.41 Å². The molecule has 1 heterocycles. The third-order valence-electron chi connectivity index (χ3n) is 3.02. The van der Waals surface area contributed by atoms with Gasteiger partial charge in [0.1, 0.15) is 5.82 Å². The maximum absolute atomic E-state index is 6.07. The number of nitrogens with zero attached hydrogens (tertiary/aromatic N) is 2. The standard InChI is InChI=1S/C15H17BrIN3/c1-8-7-9(16)5-6-10(8)14-19-12(15(2,3)4)11(17)13(18)20-14/h5-7H,1-4H3,(H2,18,19,20). The van der Waals surface area contributed by atoms with Crippen LogP contribution in [0.5, 0.6) is 0 Å². The van der Waals surface area contributed by atoms with Gasteiger partial charge < -0.3 is 5.73 Å². The van der Waals surface area contributed by atoms with E-state index in [1.54, 1.807) is 0 Å². The number of rotatable bonds is 1. The van der Waals surface area contributed by atoms with Gasteiger partial charge in [-0.1, -0.05) is 36.7 Å². The maximum Gasteiger partial charge on any atom is 0.162 e. The van der Waals surface area contributed by atoms with Crippen molar-refractivity contribution in [3.8, 4) is 11.4 Å². The number of benzene rings is 1. The smallest absolute Gasteiger partial charge is 0.162 e. The number of hydrogen-bond donors (Lipinski definition) is 1. The summed E-state index contributed by atoms with van der Waals surface area (Å²) in [6, 6.07) is 6.08. The van der Waals surface area contributed by atoms with Gasteiger partial charge in [0.15, 0.2) is 5.82 Å². The van der Waals surface area contributed by atoms with Crippen LogP contribution in [0.4, 0.5) is 5.82 Å². The van der Waals surface area contributed by atoms with Gasteiger partial charge in [-0.3, -0.25) is 0 Å². The molecule has 20 heavy (non-hydrogen) atoms. The van der Waals surface area contributed by atoms with Crippen molar-refractivity contribution in [3.05, 3.63) is 37.5 Å². The van der Waals surface area contributed by atoms with Gasteiger partial charge in [-0.15, -0.1) is 0 Å². The Morgan fingerprint density at radius 1 is 1.20 bits per heavy atom. The van der Waals surface area contributed by atoms with Gasteiger partial charge in [0.25, 0.3) is 0 Å². The minimum Gasteiger partial charge on any atom is -0.383 e. The molecule has 0 fully saturated rings. The zero-order chi connectivity index (χ0) is 15.1. The van der Waals surface area contributed by atoms with E-state index in [2.05, 4.69) is 70.3 Å². The second-order valence-corrected chi connectivity index (χ2v) is 7.80. The molecular weight excluding hydrogens is 429 g/mol. The maximum atomic E-state index is 6.07. The lowest BCUT2D eigenvalue weighted by Crippen LogP contribution is -2.18. The predicted molar refractivity (Wildman–Crippen MR) is 95.7 cm³/mol. The monoisotopic (exact) mass is 445 g/mol. The summed E-state index contributed by atoms with van der Waals surface area (Å²) < 4.78 is 1.99. The Labute approximate surface area is 141 Å². The summed E-state index contributed by atoms with van der Waals surface area (Å²) in [6.07, 6.45) is 0. The van der Waals surface area contributed by atoms with Crippen molar-refractivity contribution in [2.45, 2.75) is 33.1 Å². The number of nitrogen functional groups attached to an aromatic ring is 1. The molecule has 0 unspecified atom stereocenters. The van der Waals surface area contributed by atoms with Crippen LogP contribution >= 0.6 is 38.5 Å². The summed E-state index contributed by atoms with van der Waals surface area (Å²) in [5.41, 5.74) is 9.13. The van der Waals surface area contributed by atoms with Gasteiger partial charge in [-0.2, -0.15) is 0 Å². The average Bonchev–Trinajstić information content (AvgIpc) is 2.31. The Kier molecular flexibility index (Phi) is 4.39. The molecule has 0 spiro atoms. The summed E-state index contributed by atoms with van der Waals surface area (Å²) in [5, 5.41) is 0. The lowest BCUT2D eigenvalue weighted by atomic mass is 9.91. The van der Waals surface area contributed by atoms with Crippen LogP contribution in [0.25, 0.3) is 11.4 Å². The first-order valence-corrected chi connectivity index (χ1v) is 8.17. The zero-order valence-electron chi connectivity index (χ0n) is 12.0. The van der Waals surface area contributed by atoms with E-state index >= 15 is 0 Å². The minimum atomic E-state index is -0.0639. The summed E-state index contributed by atoms with van der Waals surface area (Å²) >= 11 is 5.70. The number of hydrogen-bond acceptors (Lipinski definition) is 3. The molecule has 0 bridgehead atoms. The van der Waals surface area contributed by atoms with Crippen molar-refractivity contribution in [2.24, 2.45) is 0 Å². The molecule has 0 atom stereocenters. The van der Waals surface area contributed by atoms with Crippen LogP contribution in [0.15, 0.2) is 22.7 Å². The molecule has 1 aromatic heterocycles. The number of halogens is 2. The van der Waals surface area contributed by atoms with Crippen molar-refractivity contribution in [1.82, 2.24) is 9.97 Å². The molecule has 2 rings (SSSR count). The van der Waals surface area contributed by atoms with E-state index in [0.29, 0.717) is 11.6 Å². The fourth-order valence-corrected chi connectivity index (χ4v) is 3.49. The van der Waals surface area contributed by atoms with Crippen LogP contribution in [-0.4, -0.2) is 9.97 Å². The van der Waals surface area contributed by atoms with Gasteiger partial charge in [-0.05, 0) is 53.3 Å². The van der Waals surface area contributed by atoms with Crippen molar-refractivity contribution in [3.63, 3.8) is 0 Å². The number of nitrogens with two attached hydrogens (primary N) is 1.